The van der Waals surface area contributed by atoms with E-state index in [-0.39, 0.29) is 31.3 Å². The molecule has 0 aliphatic carbocycles. The summed E-state index contributed by atoms with van der Waals surface area (Å²) in [6, 6.07) is 0. The summed E-state index contributed by atoms with van der Waals surface area (Å²) >= 11 is 0. The van der Waals surface area contributed by atoms with E-state index in [1.807, 2.05) is 0 Å². The second-order valence-corrected chi connectivity index (χ2v) is 7.50. The van der Waals surface area contributed by atoms with Crippen LogP contribution < -0.4 is 0 Å². The number of carbonyl (C=O) groups is 3. The van der Waals surface area contributed by atoms with Crippen LogP contribution in [0.15, 0.2) is 0 Å². The highest BCUT2D eigenvalue weighted by atomic mass is 16.7. The van der Waals surface area contributed by atoms with Gasteiger partial charge >= 0.3 is 6.09 Å². The van der Waals surface area contributed by atoms with E-state index in [9.17, 15) is 34.8 Å². The van der Waals surface area contributed by atoms with Crippen LogP contribution in [0, 0.1) is 5.41 Å². The molecule has 0 radical (unpaired) electrons. The van der Waals surface area contributed by atoms with Gasteiger partial charge in [0, 0.05) is 26.1 Å². The minimum absolute atomic E-state index is 0.156. The minimum atomic E-state index is -1.70. The Kier molecular flexibility index (Phi) is 5.92. The highest BCUT2D eigenvalue weighted by molar-refractivity contribution is 6.06. The third-order valence-electron chi connectivity index (χ3n) is 5.84. The number of ether oxygens (including phenoxy) is 2. The summed E-state index contributed by atoms with van der Waals surface area (Å²) in [7, 11) is 0. The van der Waals surface area contributed by atoms with E-state index in [2.05, 4.69) is 0 Å². The fourth-order valence-corrected chi connectivity index (χ4v) is 4.00. The Balaban J connectivity index is 1.51. The van der Waals surface area contributed by atoms with Gasteiger partial charge in [0.15, 0.2) is 6.29 Å². The Morgan fingerprint density at radius 2 is 1.79 bits per heavy atom. The van der Waals surface area contributed by atoms with E-state index in [0.717, 1.165) is 0 Å². The van der Waals surface area contributed by atoms with Crippen LogP contribution >= 0.6 is 0 Å². The molecule has 3 rings (SSSR count). The molecule has 28 heavy (non-hydrogen) atoms. The van der Waals surface area contributed by atoms with E-state index in [4.69, 9.17) is 9.47 Å². The molecule has 11 heteroatoms. The third kappa shape index (κ3) is 3.60. The lowest BCUT2D eigenvalue weighted by molar-refractivity contribution is -0.286. The lowest BCUT2D eigenvalue weighted by Gasteiger charge is -2.39. The van der Waals surface area contributed by atoms with Crippen LogP contribution in [0.2, 0.25) is 0 Å². The first-order chi connectivity index (χ1) is 13.2. The number of rotatable bonds is 3. The highest BCUT2D eigenvalue weighted by Crippen LogP contribution is 2.42. The second kappa shape index (κ2) is 7.91. The van der Waals surface area contributed by atoms with Crippen molar-refractivity contribution < 1.29 is 44.3 Å². The zero-order chi connectivity index (χ0) is 20.6. The van der Waals surface area contributed by atoms with Crippen LogP contribution in [-0.4, -0.2) is 105 Å². The summed E-state index contributed by atoms with van der Waals surface area (Å²) in [5, 5.41) is 38.5. The first-order valence-electron chi connectivity index (χ1n) is 9.34. The van der Waals surface area contributed by atoms with Gasteiger partial charge < -0.3 is 34.8 Å². The molecular weight excluding hydrogens is 376 g/mol. The smallest absolute Gasteiger partial charge is 0.409 e. The van der Waals surface area contributed by atoms with E-state index in [0.29, 0.717) is 19.4 Å². The number of likely N-dealkylation sites (tertiary alicyclic amines) is 2. The largest absolute Gasteiger partial charge is 0.447 e. The highest BCUT2D eigenvalue weighted by Gasteiger charge is 2.52. The molecule has 11 nitrogen and oxygen atoms in total. The number of imide groups is 1. The van der Waals surface area contributed by atoms with Gasteiger partial charge in [-0.05, 0) is 19.8 Å². The average Bonchev–Trinajstić information content (AvgIpc) is 2.91. The quantitative estimate of drug-likeness (QED) is 0.384. The molecule has 1 spiro atoms. The Morgan fingerprint density at radius 3 is 2.36 bits per heavy atom. The summed E-state index contributed by atoms with van der Waals surface area (Å²) in [5.74, 6) is -0.375. The zero-order valence-electron chi connectivity index (χ0n) is 15.6. The Morgan fingerprint density at radius 1 is 1.14 bits per heavy atom. The maximum atomic E-state index is 12.5. The topological polar surface area (TPSA) is 157 Å². The summed E-state index contributed by atoms with van der Waals surface area (Å²) in [4.78, 5) is 39.4. The Labute approximate surface area is 161 Å². The van der Waals surface area contributed by atoms with E-state index < -0.39 is 48.8 Å². The Hall–Kier alpha value is -1.79. The van der Waals surface area contributed by atoms with Gasteiger partial charge in [-0.2, -0.15) is 0 Å². The third-order valence-corrected chi connectivity index (χ3v) is 5.84. The molecule has 3 fully saturated rings. The molecule has 0 saturated carbocycles. The second-order valence-electron chi connectivity index (χ2n) is 7.50. The van der Waals surface area contributed by atoms with Crippen molar-refractivity contribution in [1.29, 1.82) is 0 Å². The number of hydrogen-bond acceptors (Lipinski definition) is 9. The molecule has 0 aromatic rings. The van der Waals surface area contributed by atoms with Gasteiger partial charge in [0.25, 0.3) is 0 Å². The van der Waals surface area contributed by atoms with Crippen molar-refractivity contribution in [2.45, 2.75) is 56.9 Å². The van der Waals surface area contributed by atoms with Crippen molar-refractivity contribution in [1.82, 2.24) is 9.80 Å². The molecule has 3 unspecified atom stereocenters. The van der Waals surface area contributed by atoms with Crippen LogP contribution in [0.4, 0.5) is 4.79 Å². The van der Waals surface area contributed by atoms with Gasteiger partial charge in [-0.15, -0.1) is 0 Å². The number of piperidine rings is 1. The maximum Gasteiger partial charge on any atom is 0.409 e. The van der Waals surface area contributed by atoms with Crippen molar-refractivity contribution in [3.8, 4) is 0 Å². The number of aliphatic hydroxyl groups excluding tert-OH is 4. The van der Waals surface area contributed by atoms with Crippen molar-refractivity contribution in [3.05, 3.63) is 0 Å². The number of aliphatic hydroxyl groups is 4. The van der Waals surface area contributed by atoms with Gasteiger partial charge in [0.05, 0.1) is 5.41 Å². The number of amides is 3. The van der Waals surface area contributed by atoms with Crippen molar-refractivity contribution in [2.24, 2.45) is 5.41 Å². The van der Waals surface area contributed by atoms with Crippen LogP contribution in [0.5, 0.6) is 0 Å². The number of nitrogens with zero attached hydrogens (tertiary/aromatic N) is 2. The maximum absolute atomic E-state index is 12.5. The fourth-order valence-electron chi connectivity index (χ4n) is 4.00. The molecule has 0 aromatic heterocycles. The molecule has 3 aliphatic rings. The van der Waals surface area contributed by atoms with Gasteiger partial charge in [0.2, 0.25) is 11.8 Å². The summed E-state index contributed by atoms with van der Waals surface area (Å²) in [6.07, 6.45) is -7.54. The molecule has 158 valence electrons. The Bertz CT molecular complexity index is 634. The van der Waals surface area contributed by atoms with Gasteiger partial charge in [-0.1, -0.05) is 0 Å². The average molecular weight is 402 g/mol. The minimum Gasteiger partial charge on any atom is -0.447 e. The van der Waals surface area contributed by atoms with Gasteiger partial charge in [-0.25, -0.2) is 4.79 Å². The fraction of sp³-hybridized carbons (Fsp3) is 0.824. The summed E-state index contributed by atoms with van der Waals surface area (Å²) < 4.78 is 10.1. The monoisotopic (exact) mass is 402 g/mol. The summed E-state index contributed by atoms with van der Waals surface area (Å²) in [5.41, 5.74) is -0.753. The van der Waals surface area contributed by atoms with Crippen LogP contribution in [0.3, 0.4) is 0 Å². The first-order valence-corrected chi connectivity index (χ1v) is 9.34. The molecule has 5 atom stereocenters. The van der Waals surface area contributed by atoms with Crippen molar-refractivity contribution in [2.75, 3.05) is 26.2 Å². The number of hydrogen-bond donors (Lipinski definition) is 4. The van der Waals surface area contributed by atoms with Crippen LogP contribution in [0.25, 0.3) is 0 Å². The zero-order valence-corrected chi connectivity index (χ0v) is 15.6. The van der Waals surface area contributed by atoms with Crippen LogP contribution in [0.1, 0.15) is 26.2 Å². The van der Waals surface area contributed by atoms with E-state index in [1.165, 1.54) is 9.80 Å². The van der Waals surface area contributed by atoms with E-state index in [1.54, 1.807) is 6.92 Å². The van der Waals surface area contributed by atoms with E-state index >= 15 is 0 Å². The first kappa shape index (κ1) is 20.9. The standard InChI is InChI=1S/C17H26N2O9/c1-2-19-10(20)7-17(15(19)25)3-5-18(6-4-17)16(26)27-8-9-11(21)12(22)13(23)14(24)28-9/h9,11-14,21-24H,2-8H2,1H3/t9?,11-,12?,13?,14-/m1/s1. The van der Waals surface area contributed by atoms with Crippen molar-refractivity contribution >= 4 is 17.9 Å². The summed E-state index contributed by atoms with van der Waals surface area (Å²) in [6.45, 7) is 2.14. The molecule has 3 aliphatic heterocycles. The predicted octanol–water partition coefficient (Wildman–Crippen LogP) is -2.22. The molecule has 3 amide bonds. The van der Waals surface area contributed by atoms with Crippen LogP contribution in [-0.2, 0) is 19.1 Å². The molecule has 3 heterocycles. The molecular formula is C17H26N2O9. The molecule has 4 N–H and O–H groups in total. The lowest BCUT2D eigenvalue weighted by Crippen LogP contribution is -2.59. The molecule has 0 bridgehead atoms. The SMILES string of the molecule is CCN1C(=O)CC2(CCN(C(=O)OCC3O[C@@H](O)C(O)C(O)[C@@H]3O)CC2)C1=O. The molecule has 3 saturated heterocycles. The van der Waals surface area contributed by atoms with Gasteiger partial charge in [-0.3, -0.25) is 14.5 Å². The van der Waals surface area contributed by atoms with Gasteiger partial charge in [0.1, 0.15) is 31.0 Å². The lowest BCUT2D eigenvalue weighted by atomic mass is 9.77. The molecule has 0 aromatic carbocycles. The number of carbonyl (C=O) groups excluding carboxylic acids is 3. The van der Waals surface area contributed by atoms with Crippen molar-refractivity contribution in [3.63, 3.8) is 0 Å². The normalized spacial score (nSPS) is 35.5. The predicted molar refractivity (Wildman–Crippen MR) is 90.5 cm³/mol.